The molecule has 2 heterocycles. The van der Waals surface area contributed by atoms with Gasteiger partial charge in [-0.3, -0.25) is 10.1 Å². The molecule has 0 radical (unpaired) electrons. The minimum atomic E-state index is -3.52. The van der Waals surface area contributed by atoms with Gasteiger partial charge in [0.05, 0.1) is 0 Å². The number of hydrogen-bond donors (Lipinski definition) is 2. The predicted octanol–water partition coefficient (Wildman–Crippen LogP) is -0.755. The molecule has 9 heteroatoms. The van der Waals surface area contributed by atoms with Crippen molar-refractivity contribution in [2.45, 2.75) is 38.3 Å². The van der Waals surface area contributed by atoms with E-state index in [9.17, 15) is 18.0 Å². The Bertz CT molecular complexity index is 523. The fourth-order valence-electron chi connectivity index (χ4n) is 2.43. The second-order valence-corrected chi connectivity index (χ2v) is 7.50. The summed E-state index contributed by atoms with van der Waals surface area (Å²) in [5, 5.41) is 4.81. The molecule has 8 nitrogen and oxygen atoms in total. The molecule has 2 aliphatic rings. The number of nitrogens with zero attached hydrogens (tertiary/aromatic N) is 2. The largest absolute Gasteiger partial charge is 0.323 e. The maximum atomic E-state index is 12.3. The lowest BCUT2D eigenvalue weighted by Crippen LogP contribution is -2.57. The van der Waals surface area contributed by atoms with Crippen LogP contribution in [0.2, 0.25) is 0 Å². The number of urea groups is 1. The van der Waals surface area contributed by atoms with Gasteiger partial charge in [0.2, 0.25) is 0 Å². The number of carbonyl (C=O) groups is 2. The van der Waals surface area contributed by atoms with Crippen molar-refractivity contribution in [3.05, 3.63) is 0 Å². The molecule has 20 heavy (non-hydrogen) atoms. The normalized spacial score (nSPS) is 23.4. The number of carbonyl (C=O) groups excluding carboxylic acids is 2. The van der Waals surface area contributed by atoms with Crippen molar-refractivity contribution in [2.24, 2.45) is 0 Å². The van der Waals surface area contributed by atoms with Crippen LogP contribution in [0.25, 0.3) is 0 Å². The van der Waals surface area contributed by atoms with Crippen molar-refractivity contribution < 1.29 is 18.0 Å². The van der Waals surface area contributed by atoms with Gasteiger partial charge in [-0.15, -0.1) is 0 Å². The summed E-state index contributed by atoms with van der Waals surface area (Å²) < 4.78 is 27.3. The third-order valence-corrected chi connectivity index (χ3v) is 6.18. The molecule has 114 valence electrons. The lowest BCUT2D eigenvalue weighted by atomic mass is 9.89. The van der Waals surface area contributed by atoms with E-state index in [-0.39, 0.29) is 37.9 Å². The van der Waals surface area contributed by atoms with Crippen LogP contribution < -0.4 is 10.6 Å². The fourth-order valence-corrected chi connectivity index (χ4v) is 3.97. The fraction of sp³-hybridized carbons (Fsp3) is 0.818. The topological polar surface area (TPSA) is 98.8 Å². The Labute approximate surface area is 118 Å². The summed E-state index contributed by atoms with van der Waals surface area (Å²) in [6, 6.07) is -0.643. The first-order valence-electron chi connectivity index (χ1n) is 6.56. The lowest BCUT2D eigenvalue weighted by molar-refractivity contribution is -0.125. The van der Waals surface area contributed by atoms with E-state index in [1.807, 2.05) is 0 Å². The number of hydrogen-bond acceptors (Lipinski definition) is 4. The number of nitrogens with one attached hydrogen (secondary N) is 2. The summed E-state index contributed by atoms with van der Waals surface area (Å²) in [6.07, 6.45) is 0.575. The summed E-state index contributed by atoms with van der Waals surface area (Å²) in [5.74, 6) is -0.364. The van der Waals surface area contributed by atoms with Crippen molar-refractivity contribution in [3.63, 3.8) is 0 Å². The molecule has 2 rings (SSSR count). The average molecular weight is 304 g/mol. The molecule has 0 aliphatic carbocycles. The van der Waals surface area contributed by atoms with E-state index in [1.54, 1.807) is 13.8 Å². The highest BCUT2D eigenvalue weighted by Crippen LogP contribution is 2.27. The molecule has 2 N–H and O–H groups in total. The third kappa shape index (κ3) is 2.40. The van der Waals surface area contributed by atoms with Gasteiger partial charge in [-0.05, 0) is 26.7 Å². The summed E-state index contributed by atoms with van der Waals surface area (Å²) in [5.41, 5.74) is -0.945. The molecule has 2 aliphatic heterocycles. The molecule has 1 spiro atoms. The van der Waals surface area contributed by atoms with Gasteiger partial charge in [0.25, 0.3) is 16.1 Å². The van der Waals surface area contributed by atoms with E-state index in [2.05, 4.69) is 10.6 Å². The number of piperidine rings is 1. The highest BCUT2D eigenvalue weighted by molar-refractivity contribution is 7.86. The highest BCUT2D eigenvalue weighted by Gasteiger charge is 2.49. The van der Waals surface area contributed by atoms with Crippen molar-refractivity contribution in [2.75, 3.05) is 20.1 Å². The molecule has 0 bridgehead atoms. The average Bonchev–Trinajstić information content (AvgIpc) is 2.63. The molecule has 0 aromatic heterocycles. The van der Waals surface area contributed by atoms with E-state index in [0.29, 0.717) is 0 Å². The van der Waals surface area contributed by atoms with Crippen LogP contribution in [0.5, 0.6) is 0 Å². The maximum absolute atomic E-state index is 12.3. The van der Waals surface area contributed by atoms with Crippen molar-refractivity contribution in [1.82, 2.24) is 19.2 Å². The van der Waals surface area contributed by atoms with Gasteiger partial charge in [0.15, 0.2) is 0 Å². The van der Waals surface area contributed by atoms with Crippen LogP contribution in [0, 0.1) is 0 Å². The second kappa shape index (κ2) is 4.97. The second-order valence-electron chi connectivity index (χ2n) is 5.51. The Kier molecular flexibility index (Phi) is 3.78. The molecular formula is C11H20N4O4S. The summed E-state index contributed by atoms with van der Waals surface area (Å²) in [6.45, 7) is 4.03. The highest BCUT2D eigenvalue weighted by atomic mass is 32.2. The molecule has 0 saturated carbocycles. The molecule has 3 amide bonds. The van der Waals surface area contributed by atoms with Crippen LogP contribution >= 0.6 is 0 Å². The quantitative estimate of drug-likeness (QED) is 0.670. The standard InChI is InChI=1S/C11H20N4O4S/c1-8(2)14(3)20(18,19)15-6-4-11(5-7-15)9(16)12-10(17)13-11/h8H,4-7H2,1-3H3,(H2,12,13,16,17). The smallest absolute Gasteiger partial charge is 0.322 e. The van der Waals surface area contributed by atoms with E-state index < -0.39 is 21.8 Å². The molecule has 0 atom stereocenters. The van der Waals surface area contributed by atoms with Gasteiger partial charge in [0, 0.05) is 26.2 Å². The van der Waals surface area contributed by atoms with Crippen molar-refractivity contribution in [1.29, 1.82) is 0 Å². The molecular weight excluding hydrogens is 284 g/mol. The Balaban J connectivity index is 2.09. The number of amides is 3. The SMILES string of the molecule is CC(C)N(C)S(=O)(=O)N1CCC2(CC1)NC(=O)NC2=O. The first kappa shape index (κ1) is 15.2. The first-order chi connectivity index (χ1) is 9.19. The molecule has 2 fully saturated rings. The zero-order valence-electron chi connectivity index (χ0n) is 11.8. The van der Waals surface area contributed by atoms with Crippen LogP contribution in [0.4, 0.5) is 4.79 Å². The summed E-state index contributed by atoms with van der Waals surface area (Å²) in [4.78, 5) is 23.0. The van der Waals surface area contributed by atoms with Crippen molar-refractivity contribution in [3.8, 4) is 0 Å². The number of rotatable bonds is 3. The van der Waals surface area contributed by atoms with Gasteiger partial charge in [-0.2, -0.15) is 17.0 Å². The van der Waals surface area contributed by atoms with Crippen LogP contribution in [-0.4, -0.2) is 60.7 Å². The molecule has 0 aromatic carbocycles. The van der Waals surface area contributed by atoms with E-state index in [0.717, 1.165) is 0 Å². The Morgan fingerprint density at radius 1 is 1.25 bits per heavy atom. The zero-order valence-corrected chi connectivity index (χ0v) is 12.7. The Hall–Kier alpha value is -1.19. The Morgan fingerprint density at radius 3 is 2.20 bits per heavy atom. The van der Waals surface area contributed by atoms with E-state index in [4.69, 9.17) is 0 Å². The van der Waals surface area contributed by atoms with Crippen LogP contribution in [0.3, 0.4) is 0 Å². The van der Waals surface area contributed by atoms with Gasteiger partial charge in [0.1, 0.15) is 5.54 Å². The van der Waals surface area contributed by atoms with E-state index >= 15 is 0 Å². The minimum absolute atomic E-state index is 0.134. The van der Waals surface area contributed by atoms with Gasteiger partial charge in [-0.1, -0.05) is 0 Å². The van der Waals surface area contributed by atoms with Crippen LogP contribution in [0.1, 0.15) is 26.7 Å². The molecule has 2 saturated heterocycles. The zero-order chi connectivity index (χ0) is 15.1. The predicted molar refractivity (Wildman–Crippen MR) is 72.0 cm³/mol. The summed E-state index contributed by atoms with van der Waals surface area (Å²) >= 11 is 0. The monoisotopic (exact) mass is 304 g/mol. The van der Waals surface area contributed by atoms with Crippen molar-refractivity contribution >= 4 is 22.1 Å². The summed E-state index contributed by atoms with van der Waals surface area (Å²) in [7, 11) is -1.98. The van der Waals surface area contributed by atoms with E-state index in [1.165, 1.54) is 15.7 Å². The molecule has 0 unspecified atom stereocenters. The first-order valence-corrected chi connectivity index (χ1v) is 7.95. The van der Waals surface area contributed by atoms with Gasteiger partial charge < -0.3 is 5.32 Å². The van der Waals surface area contributed by atoms with Gasteiger partial charge in [-0.25, -0.2) is 4.79 Å². The van der Waals surface area contributed by atoms with Gasteiger partial charge >= 0.3 is 6.03 Å². The van der Waals surface area contributed by atoms with Crippen LogP contribution in [-0.2, 0) is 15.0 Å². The van der Waals surface area contributed by atoms with Crippen LogP contribution in [0.15, 0.2) is 0 Å². The minimum Gasteiger partial charge on any atom is -0.323 e. The maximum Gasteiger partial charge on any atom is 0.322 e. The molecule has 0 aromatic rings. The number of imide groups is 1. The Morgan fingerprint density at radius 2 is 1.80 bits per heavy atom. The third-order valence-electron chi connectivity index (χ3n) is 4.01. The lowest BCUT2D eigenvalue weighted by Gasteiger charge is -2.38.